The maximum Gasteiger partial charge on any atom is 0.210 e. The first kappa shape index (κ1) is 63.4. The molecule has 1 aliphatic carbocycles. The van der Waals surface area contributed by atoms with Gasteiger partial charge < -0.3 is 28.4 Å². The van der Waals surface area contributed by atoms with Gasteiger partial charge >= 0.3 is 0 Å². The second-order valence-corrected chi connectivity index (χ2v) is 24.6. The third-order valence-corrected chi connectivity index (χ3v) is 15.4. The Kier molecular flexibility index (Phi) is 32.5. The van der Waals surface area contributed by atoms with Crippen molar-refractivity contribution in [3.63, 3.8) is 0 Å². The fourth-order valence-electron chi connectivity index (χ4n) is 8.72. The second kappa shape index (κ2) is 35.4. The maximum atomic E-state index is 12.4. The van der Waals surface area contributed by atoms with E-state index in [1.165, 1.54) is 199 Å². The molecule has 2 aromatic carbocycles. The van der Waals surface area contributed by atoms with Gasteiger partial charge in [-0.25, -0.2) is 0 Å². The number of aromatic carboxylic acids is 1. The van der Waals surface area contributed by atoms with Crippen LogP contribution >= 0.6 is 63.7 Å². The average Bonchev–Trinajstić information content (AvgIpc) is 3.29. The number of carbonyl (C=O) groups is 1. The van der Waals surface area contributed by atoms with Crippen molar-refractivity contribution in [3.8, 4) is 28.2 Å². The predicted octanol–water partition coefficient (Wildman–Crippen LogP) is 17.4. The highest BCUT2D eigenvalue weighted by atomic mass is 79.9. The first-order valence-electron chi connectivity index (χ1n) is 26.7. The molecular formula is C58H90Br4N2O5. The summed E-state index contributed by atoms with van der Waals surface area (Å²) in [7, 11) is 13.8. The highest BCUT2D eigenvalue weighted by Crippen LogP contribution is 2.48. The van der Waals surface area contributed by atoms with E-state index in [1.54, 1.807) is 30.3 Å². The van der Waals surface area contributed by atoms with E-state index in [1.807, 2.05) is 0 Å². The number of fused-ring (bicyclic) bond motifs is 2. The minimum Gasteiger partial charge on any atom is -0.871 e. The summed E-state index contributed by atoms with van der Waals surface area (Å²) in [5.74, 6) is -1.49. The Balaban J connectivity index is 0.000000368. The van der Waals surface area contributed by atoms with Crippen LogP contribution in [0.2, 0.25) is 0 Å². The zero-order valence-electron chi connectivity index (χ0n) is 44.1. The van der Waals surface area contributed by atoms with E-state index in [9.17, 15) is 19.8 Å². The van der Waals surface area contributed by atoms with Crippen LogP contribution in [0.1, 0.15) is 204 Å². The summed E-state index contributed by atoms with van der Waals surface area (Å²) in [6, 6.07) is 9.50. The van der Waals surface area contributed by atoms with Gasteiger partial charge in [-0.1, -0.05) is 214 Å². The molecule has 2 aliphatic rings. The molecule has 0 bridgehead atoms. The summed E-state index contributed by atoms with van der Waals surface area (Å²) >= 11 is 13.0. The van der Waals surface area contributed by atoms with Crippen molar-refractivity contribution in [1.29, 1.82) is 0 Å². The van der Waals surface area contributed by atoms with Crippen molar-refractivity contribution in [2.24, 2.45) is 0 Å². The number of carbonyl (C=O) groups excluding carboxylic acids is 1. The Labute approximate surface area is 453 Å². The van der Waals surface area contributed by atoms with E-state index >= 15 is 0 Å². The number of hydrogen-bond acceptors (Lipinski definition) is 5. The number of rotatable bonds is 32. The van der Waals surface area contributed by atoms with Crippen LogP contribution in [-0.2, 0) is 0 Å². The van der Waals surface area contributed by atoms with Gasteiger partial charge in [0, 0.05) is 26.5 Å². The summed E-state index contributed by atoms with van der Waals surface area (Å²) in [6.07, 6.45) is 40.7. The molecule has 2 aromatic rings. The standard InChI is InChI=1S/C20H8Br4O5.2C19H42N/c21-11-5-9-13(7-3-1-2-4-8(7)20(27)28)10-6-12(22)17(26)15(24)19(10)29-18(9)14(23)16(11)25;2*1-5-6-7-8-9-10-11-12-13-14-15-16-17-18-19-20(2,3)4/h1-6,25H,(H,27,28);2*5-19H2,1-4H3/q;2*+1/p-2. The van der Waals surface area contributed by atoms with E-state index in [-0.39, 0.29) is 46.0 Å². The molecule has 0 atom stereocenters. The molecule has 0 amide bonds. The molecule has 0 saturated carbocycles. The molecule has 0 spiro atoms. The molecule has 11 heteroatoms. The Hall–Kier alpha value is -1.76. The number of benzene rings is 3. The zero-order valence-corrected chi connectivity index (χ0v) is 50.5. The van der Waals surface area contributed by atoms with Gasteiger partial charge in [-0.2, -0.15) is 0 Å². The van der Waals surface area contributed by atoms with Gasteiger partial charge in [0.05, 0.1) is 70.3 Å². The highest BCUT2D eigenvalue weighted by molar-refractivity contribution is 9.11. The Morgan fingerprint density at radius 2 is 0.899 bits per heavy atom. The number of unbranched alkanes of at least 4 members (excludes halogenated alkanes) is 26. The minimum atomic E-state index is -1.35. The topological polar surface area (TPSA) is 93.4 Å². The number of carboxylic acids is 1. The molecule has 0 unspecified atom stereocenters. The molecular weight excluding hydrogens is 1120 g/mol. The van der Waals surface area contributed by atoms with E-state index in [0.29, 0.717) is 22.1 Å². The number of nitrogens with zero attached hydrogens (tertiary/aromatic N) is 2. The van der Waals surface area contributed by atoms with Crippen LogP contribution in [0.15, 0.2) is 63.5 Å². The molecule has 0 fully saturated rings. The van der Waals surface area contributed by atoms with Gasteiger partial charge in [-0.3, -0.25) is 4.79 Å². The molecule has 0 saturated heterocycles. The summed E-state index contributed by atoms with van der Waals surface area (Å²) in [4.78, 5) is 24.2. The molecule has 4 rings (SSSR count). The summed E-state index contributed by atoms with van der Waals surface area (Å²) < 4.78 is 9.04. The first-order valence-corrected chi connectivity index (χ1v) is 29.9. The molecule has 69 heavy (non-hydrogen) atoms. The fraction of sp³-hybridized carbons (Fsp3) is 0.655. The van der Waals surface area contributed by atoms with Gasteiger partial charge in [0.2, 0.25) is 5.43 Å². The Bertz CT molecular complexity index is 2030. The van der Waals surface area contributed by atoms with Crippen LogP contribution in [0.4, 0.5) is 0 Å². The third-order valence-electron chi connectivity index (χ3n) is 12.8. The van der Waals surface area contributed by atoms with Gasteiger partial charge in [-0.05, 0) is 91.2 Å². The minimum absolute atomic E-state index is 0.0295. The van der Waals surface area contributed by atoms with Gasteiger partial charge in [-0.15, -0.1) is 0 Å². The predicted molar refractivity (Wildman–Crippen MR) is 306 cm³/mol. The lowest BCUT2D eigenvalue weighted by atomic mass is 9.91. The van der Waals surface area contributed by atoms with Crippen molar-refractivity contribution in [2.75, 3.05) is 55.4 Å². The Morgan fingerprint density at radius 3 is 1.28 bits per heavy atom. The largest absolute Gasteiger partial charge is 0.871 e. The summed E-state index contributed by atoms with van der Waals surface area (Å²) in [5, 5.41) is 24.7. The normalized spacial score (nSPS) is 11.7. The summed E-state index contributed by atoms with van der Waals surface area (Å²) in [6.45, 7) is 7.25. The molecule has 0 aromatic heterocycles. The van der Waals surface area contributed by atoms with Crippen molar-refractivity contribution in [1.82, 2.24) is 0 Å². The van der Waals surface area contributed by atoms with Crippen LogP contribution < -0.4 is 15.6 Å². The van der Waals surface area contributed by atoms with Crippen molar-refractivity contribution in [2.45, 2.75) is 194 Å². The lowest BCUT2D eigenvalue weighted by molar-refractivity contribution is -0.870. The van der Waals surface area contributed by atoms with Crippen LogP contribution in [0.5, 0.6) is 5.75 Å². The first-order chi connectivity index (χ1) is 32.8. The molecule has 7 nitrogen and oxygen atoms in total. The highest BCUT2D eigenvalue weighted by Gasteiger charge is 2.25. The lowest BCUT2D eigenvalue weighted by Gasteiger charge is -2.23. The van der Waals surface area contributed by atoms with Gasteiger partial charge in [0.15, 0.2) is 5.76 Å². The SMILES string of the molecule is CCCCCCCCCCCCCCCC[N+](C)(C)C.CCCCCCCCCCCCCCCC[N+](C)(C)C.O=C([O-])c1ccccc1-c1c2cc(Br)c(=O)c(Br)c-2oc2c(Br)c([O-])c(Br)cc12. The Morgan fingerprint density at radius 1 is 0.522 bits per heavy atom. The van der Waals surface area contributed by atoms with E-state index in [4.69, 9.17) is 4.42 Å². The fourth-order valence-corrected chi connectivity index (χ4v) is 11.1. The number of hydrogen-bond donors (Lipinski definition) is 0. The third kappa shape index (κ3) is 25.6. The van der Waals surface area contributed by atoms with Gasteiger partial charge in [0.1, 0.15) is 10.1 Å². The number of quaternary nitrogens is 2. The molecule has 1 heterocycles. The average molecular weight is 1210 g/mol. The lowest BCUT2D eigenvalue weighted by Crippen LogP contribution is -2.35. The van der Waals surface area contributed by atoms with Crippen LogP contribution in [0.3, 0.4) is 0 Å². The molecule has 1 aliphatic heterocycles. The monoisotopic (exact) mass is 1210 g/mol. The smallest absolute Gasteiger partial charge is 0.210 e. The molecule has 390 valence electrons. The van der Waals surface area contributed by atoms with Crippen molar-refractivity contribution < 1.29 is 28.4 Å². The number of halogens is 4. The number of carboxylic acid groups (broad SMARTS) is 1. The molecule has 0 radical (unpaired) electrons. The van der Waals surface area contributed by atoms with Crippen LogP contribution in [-0.4, -0.2) is 70.3 Å². The second-order valence-electron chi connectivity index (χ2n) is 21.3. The maximum absolute atomic E-state index is 12.4. The quantitative estimate of drug-likeness (QED) is 0.0276. The zero-order chi connectivity index (χ0) is 51.2. The van der Waals surface area contributed by atoms with Gasteiger partial charge in [0.25, 0.3) is 0 Å². The van der Waals surface area contributed by atoms with E-state index in [2.05, 4.69) is 120 Å². The van der Waals surface area contributed by atoms with E-state index < -0.39 is 5.97 Å². The summed E-state index contributed by atoms with van der Waals surface area (Å²) in [5.41, 5.74) is 1.17. The van der Waals surface area contributed by atoms with Crippen molar-refractivity contribution in [3.05, 3.63) is 70.1 Å². The van der Waals surface area contributed by atoms with Crippen LogP contribution in [0, 0.1) is 0 Å². The van der Waals surface area contributed by atoms with Crippen molar-refractivity contribution >= 4 is 80.7 Å². The molecule has 0 N–H and O–H groups in total. The van der Waals surface area contributed by atoms with Crippen LogP contribution in [0.25, 0.3) is 33.4 Å². The van der Waals surface area contributed by atoms with E-state index in [0.717, 1.165) is 8.97 Å².